The molecule has 3 aromatic carbocycles. The number of benzene rings is 3. The van der Waals surface area contributed by atoms with E-state index in [4.69, 9.17) is 4.74 Å². The van der Waals surface area contributed by atoms with Crippen LogP contribution >= 0.6 is 15.9 Å². The average Bonchev–Trinajstić information content (AvgIpc) is 2.70. The van der Waals surface area contributed by atoms with Crippen molar-refractivity contribution in [3.05, 3.63) is 84.9 Å². The first-order valence-electron chi connectivity index (χ1n) is 8.37. The van der Waals surface area contributed by atoms with Gasteiger partial charge in [0.1, 0.15) is 5.75 Å². The highest BCUT2D eigenvalue weighted by molar-refractivity contribution is 9.10. The van der Waals surface area contributed by atoms with Crippen molar-refractivity contribution >= 4 is 38.6 Å². The molecule has 0 aliphatic rings. The van der Waals surface area contributed by atoms with Gasteiger partial charge in [-0.1, -0.05) is 52.3 Å². The van der Waals surface area contributed by atoms with Crippen LogP contribution in [-0.2, 0) is 20.5 Å². The van der Waals surface area contributed by atoms with Crippen LogP contribution in [0, 0.1) is 0 Å². The molecule has 3 nitrogen and oxygen atoms in total. The molecule has 27 heavy (non-hydrogen) atoms. The fraction of sp³-hybridized carbons (Fsp3) is 0.0909. The lowest BCUT2D eigenvalue weighted by molar-refractivity contribution is -0.136. The molecule has 5 heteroatoms. The van der Waals surface area contributed by atoms with E-state index in [0.717, 1.165) is 4.90 Å². The van der Waals surface area contributed by atoms with E-state index in [1.165, 1.54) is 16.7 Å². The summed E-state index contributed by atoms with van der Waals surface area (Å²) >= 11 is 3.04. The normalized spacial score (nSPS) is 11.8. The van der Waals surface area contributed by atoms with Gasteiger partial charge < -0.3 is 4.74 Å². The molecule has 1 unspecified atom stereocenters. The summed E-state index contributed by atoms with van der Waals surface area (Å²) in [6.45, 7) is 1.34. The fourth-order valence-corrected chi connectivity index (χ4v) is 4.68. The Bertz CT molecular complexity index is 872. The Kier molecular flexibility index (Phi) is 6.48. The van der Waals surface area contributed by atoms with Gasteiger partial charge in [-0.2, -0.15) is 0 Å². The highest BCUT2D eigenvalue weighted by Gasteiger charge is 2.28. The van der Waals surface area contributed by atoms with E-state index in [-0.39, 0.29) is 16.7 Å². The number of hydrogen-bond acceptors (Lipinski definition) is 3. The highest BCUT2D eigenvalue weighted by atomic mass is 79.9. The summed E-state index contributed by atoms with van der Waals surface area (Å²) in [4.78, 5) is 25.8. The Hall–Kier alpha value is -2.37. The molecular formula is C22H18BrO3S+. The van der Waals surface area contributed by atoms with Crippen LogP contribution in [0.5, 0.6) is 5.75 Å². The van der Waals surface area contributed by atoms with Crippen molar-refractivity contribution in [2.45, 2.75) is 26.4 Å². The molecule has 0 amide bonds. The van der Waals surface area contributed by atoms with Crippen LogP contribution in [0.25, 0.3) is 0 Å². The molecule has 0 aromatic heterocycles. The van der Waals surface area contributed by atoms with E-state index >= 15 is 0 Å². The number of ether oxygens (including phenoxy) is 1. The quantitative estimate of drug-likeness (QED) is 0.177. The van der Waals surface area contributed by atoms with E-state index in [1.54, 1.807) is 12.1 Å². The Labute approximate surface area is 169 Å². The molecule has 0 fully saturated rings. The highest BCUT2D eigenvalue weighted by Crippen LogP contribution is 2.32. The number of rotatable bonds is 6. The van der Waals surface area contributed by atoms with Crippen molar-refractivity contribution in [3.8, 4) is 5.75 Å². The molecular weight excluding hydrogens is 424 g/mol. The minimum atomic E-state index is -0.944. The minimum Gasteiger partial charge on any atom is -0.425 e. The van der Waals surface area contributed by atoms with Crippen LogP contribution in [0.1, 0.15) is 6.92 Å². The van der Waals surface area contributed by atoms with Gasteiger partial charge in [0.25, 0.3) is 0 Å². The summed E-state index contributed by atoms with van der Waals surface area (Å²) in [5.74, 6) is -0.481. The van der Waals surface area contributed by atoms with Crippen molar-refractivity contribution in [1.29, 1.82) is 0 Å². The number of carbonyl (C=O) groups excluding carboxylic acids is 2. The molecule has 0 N–H and O–H groups in total. The lowest BCUT2D eigenvalue weighted by atomic mass is 10.3. The Morgan fingerprint density at radius 2 is 1.22 bits per heavy atom. The van der Waals surface area contributed by atoms with E-state index in [1.807, 2.05) is 48.5 Å². The number of halogens is 1. The van der Waals surface area contributed by atoms with Gasteiger partial charge in [0, 0.05) is 0 Å². The summed E-state index contributed by atoms with van der Waals surface area (Å²) in [6.07, 6.45) is 0. The van der Waals surface area contributed by atoms with Crippen molar-refractivity contribution in [2.75, 3.05) is 0 Å². The Morgan fingerprint density at radius 3 is 1.67 bits per heavy atom. The maximum absolute atomic E-state index is 11.9. The molecule has 0 bridgehead atoms. The van der Waals surface area contributed by atoms with Crippen LogP contribution in [0.3, 0.4) is 0 Å². The first-order chi connectivity index (χ1) is 13.1. The summed E-state index contributed by atoms with van der Waals surface area (Å²) < 4.78 is 5.28. The Balaban J connectivity index is 1.88. The maximum Gasteiger partial charge on any atom is 0.332 e. The van der Waals surface area contributed by atoms with Gasteiger partial charge in [-0.25, -0.2) is 4.79 Å². The van der Waals surface area contributed by atoms with Crippen molar-refractivity contribution < 1.29 is 14.3 Å². The molecule has 0 aliphatic heterocycles. The second-order valence-corrected chi connectivity index (χ2v) is 8.74. The van der Waals surface area contributed by atoms with E-state index in [9.17, 15) is 9.59 Å². The first-order valence-corrected chi connectivity index (χ1v) is 10.5. The van der Waals surface area contributed by atoms with E-state index in [0.29, 0.717) is 5.75 Å². The van der Waals surface area contributed by atoms with Crippen LogP contribution in [-0.4, -0.2) is 16.6 Å². The molecule has 0 heterocycles. The molecule has 0 radical (unpaired) electrons. The zero-order chi connectivity index (χ0) is 19.2. The second-order valence-electron chi connectivity index (χ2n) is 5.80. The zero-order valence-electron chi connectivity index (χ0n) is 14.7. The predicted octanol–water partition coefficient (Wildman–Crippen LogP) is 5.04. The maximum atomic E-state index is 11.9. The second kappa shape index (κ2) is 9.02. The summed E-state index contributed by atoms with van der Waals surface area (Å²) in [7, 11) is -0.256. The molecule has 1 atom stereocenters. The number of esters is 1. The fourth-order valence-electron chi connectivity index (χ4n) is 2.50. The van der Waals surface area contributed by atoms with Gasteiger partial charge in [-0.3, -0.25) is 4.79 Å². The van der Waals surface area contributed by atoms with Crippen LogP contribution in [0.4, 0.5) is 0 Å². The molecule has 3 aromatic rings. The lowest BCUT2D eigenvalue weighted by Crippen LogP contribution is -2.26. The lowest BCUT2D eigenvalue weighted by Gasteiger charge is -2.10. The van der Waals surface area contributed by atoms with Crippen LogP contribution in [0.15, 0.2) is 99.6 Å². The third-order valence-corrected chi connectivity index (χ3v) is 7.05. The Morgan fingerprint density at radius 1 is 0.778 bits per heavy atom. The number of ketones is 1. The molecule has 0 saturated heterocycles. The van der Waals surface area contributed by atoms with Crippen LogP contribution in [0.2, 0.25) is 0 Å². The zero-order valence-corrected chi connectivity index (χ0v) is 17.1. The third kappa shape index (κ3) is 4.87. The topological polar surface area (TPSA) is 43.4 Å². The molecule has 0 spiro atoms. The van der Waals surface area contributed by atoms with Gasteiger partial charge in [-0.15, -0.1) is 0 Å². The number of carbonyl (C=O) groups is 2. The standard InChI is InChI=1S/C22H18BrO3S/c1-16(24)21(23)22(25)26-17-12-14-20(15-13-17)27(18-8-4-2-5-9-18)19-10-6-3-7-11-19/h2-15,21H,1H3/q+1. The largest absolute Gasteiger partial charge is 0.425 e. The molecule has 0 saturated carbocycles. The van der Waals surface area contributed by atoms with E-state index < -0.39 is 10.8 Å². The summed E-state index contributed by atoms with van der Waals surface area (Å²) in [6, 6.07) is 28.1. The van der Waals surface area contributed by atoms with Gasteiger partial charge in [0.2, 0.25) is 0 Å². The van der Waals surface area contributed by atoms with Gasteiger partial charge >= 0.3 is 5.97 Å². The summed E-state index contributed by atoms with van der Waals surface area (Å²) in [5.41, 5.74) is 0. The van der Waals surface area contributed by atoms with E-state index in [2.05, 4.69) is 40.2 Å². The number of Topliss-reactive ketones (excluding diaryl/α,β-unsaturated/α-hetero) is 1. The van der Waals surface area contributed by atoms with Crippen LogP contribution < -0.4 is 4.74 Å². The van der Waals surface area contributed by atoms with Gasteiger partial charge in [0.15, 0.2) is 25.3 Å². The number of alkyl halides is 1. The smallest absolute Gasteiger partial charge is 0.332 e. The van der Waals surface area contributed by atoms with Crippen molar-refractivity contribution in [3.63, 3.8) is 0 Å². The van der Waals surface area contributed by atoms with Crippen molar-refractivity contribution in [1.82, 2.24) is 0 Å². The SMILES string of the molecule is CC(=O)C(Br)C(=O)Oc1ccc([S+](c2ccccc2)c2ccccc2)cc1. The molecule has 3 rings (SSSR count). The summed E-state index contributed by atoms with van der Waals surface area (Å²) in [5, 5.41) is 0. The average molecular weight is 442 g/mol. The predicted molar refractivity (Wildman–Crippen MR) is 111 cm³/mol. The molecule has 0 aliphatic carbocycles. The number of hydrogen-bond donors (Lipinski definition) is 0. The van der Waals surface area contributed by atoms with Gasteiger partial charge in [-0.05, 0) is 55.5 Å². The van der Waals surface area contributed by atoms with Gasteiger partial charge in [0.05, 0.1) is 10.9 Å². The molecule has 136 valence electrons. The van der Waals surface area contributed by atoms with Crippen molar-refractivity contribution in [2.24, 2.45) is 0 Å². The first kappa shape index (κ1) is 19.4. The third-order valence-electron chi connectivity index (χ3n) is 3.80. The monoisotopic (exact) mass is 441 g/mol. The minimum absolute atomic E-state index is 0.256.